The van der Waals surface area contributed by atoms with Crippen LogP contribution in [0, 0.1) is 0 Å². The fourth-order valence-electron chi connectivity index (χ4n) is 5.60. The molecule has 2 N–H and O–H groups in total. The van der Waals surface area contributed by atoms with Gasteiger partial charge in [0, 0.05) is 38.1 Å². The van der Waals surface area contributed by atoms with E-state index >= 15 is 8.78 Å². The predicted molar refractivity (Wildman–Crippen MR) is 142 cm³/mol. The summed E-state index contributed by atoms with van der Waals surface area (Å²) < 4.78 is 71.2. The van der Waals surface area contributed by atoms with Gasteiger partial charge in [0.15, 0.2) is 5.65 Å². The van der Waals surface area contributed by atoms with Crippen molar-refractivity contribution >= 4 is 28.4 Å². The van der Waals surface area contributed by atoms with E-state index in [0.29, 0.717) is 28.2 Å². The van der Waals surface area contributed by atoms with Crippen LogP contribution in [0.1, 0.15) is 36.4 Å². The summed E-state index contributed by atoms with van der Waals surface area (Å²) in [5.41, 5.74) is -0.741. The van der Waals surface area contributed by atoms with Crippen molar-refractivity contribution in [1.82, 2.24) is 29.5 Å². The average molecular weight is 583 g/mol. The van der Waals surface area contributed by atoms with Crippen molar-refractivity contribution in [2.45, 2.75) is 43.3 Å². The fraction of sp³-hybridized carbons (Fsp3) is 0.538. The topological polar surface area (TPSA) is 102 Å². The number of hydrogen-bond donors (Lipinski definition) is 2. The number of urea groups is 1. The highest BCUT2D eigenvalue weighted by Gasteiger charge is 2.48. The summed E-state index contributed by atoms with van der Waals surface area (Å²) in [5, 5.41) is 10.3. The average Bonchev–Trinajstić information content (AvgIpc) is 3.33. The second-order valence-corrected chi connectivity index (χ2v) is 10.9. The van der Waals surface area contributed by atoms with Gasteiger partial charge in [0.25, 0.3) is 11.5 Å². The Morgan fingerprint density at radius 2 is 1.85 bits per heavy atom. The van der Waals surface area contributed by atoms with Crippen molar-refractivity contribution in [1.29, 1.82) is 0 Å². The van der Waals surface area contributed by atoms with Gasteiger partial charge in [-0.2, -0.15) is 18.3 Å². The third-order valence-corrected chi connectivity index (χ3v) is 8.00. The number of amides is 2. The summed E-state index contributed by atoms with van der Waals surface area (Å²) in [4.78, 5) is 34.0. The summed E-state index contributed by atoms with van der Waals surface area (Å²) in [6, 6.07) is -0.346. The zero-order valence-corrected chi connectivity index (χ0v) is 22.8. The molecule has 0 aromatic carbocycles. The summed E-state index contributed by atoms with van der Waals surface area (Å²) in [5.74, 6) is -3.13. The van der Waals surface area contributed by atoms with Crippen LogP contribution in [0.5, 0.6) is 0 Å². The number of likely N-dealkylation sites (tertiary alicyclic amines) is 1. The molecular weight excluding hydrogens is 551 g/mol. The van der Waals surface area contributed by atoms with Crippen molar-refractivity contribution < 1.29 is 26.7 Å². The van der Waals surface area contributed by atoms with Gasteiger partial charge in [-0.15, -0.1) is 0 Å². The number of nitrogens with one attached hydrogen (secondary N) is 2. The predicted octanol–water partition coefficient (Wildman–Crippen LogP) is 3.86. The van der Waals surface area contributed by atoms with E-state index in [1.807, 2.05) is 6.07 Å². The molecule has 0 bridgehead atoms. The molecule has 2 fully saturated rings. The van der Waals surface area contributed by atoms with Crippen LogP contribution in [0.3, 0.4) is 0 Å². The number of pyridine rings is 2. The smallest absolute Gasteiger partial charge is 0.364 e. The summed E-state index contributed by atoms with van der Waals surface area (Å²) in [6.45, 7) is 1.36. The molecule has 3 aromatic rings. The van der Waals surface area contributed by atoms with Crippen LogP contribution in [0.4, 0.5) is 38.1 Å². The lowest BCUT2D eigenvalue weighted by Crippen LogP contribution is -2.59. The Bertz CT molecular complexity index is 1500. The summed E-state index contributed by atoms with van der Waals surface area (Å²) in [7, 11) is 4.30. The van der Waals surface area contributed by atoms with Crippen LogP contribution in [-0.2, 0) is 13.2 Å². The molecule has 1 unspecified atom stereocenters. The molecule has 0 aliphatic carbocycles. The first-order valence-corrected chi connectivity index (χ1v) is 13.2. The molecule has 41 heavy (non-hydrogen) atoms. The van der Waals surface area contributed by atoms with Gasteiger partial charge in [0.2, 0.25) is 0 Å². The molecule has 0 saturated carbocycles. The van der Waals surface area contributed by atoms with E-state index in [-0.39, 0.29) is 18.9 Å². The Morgan fingerprint density at radius 3 is 2.51 bits per heavy atom. The Hall–Kier alpha value is -3.75. The number of aromatic amines is 1. The third-order valence-electron chi connectivity index (χ3n) is 8.00. The molecule has 2 aliphatic heterocycles. The molecular formula is C26H31F5N8O2. The first-order valence-electron chi connectivity index (χ1n) is 13.2. The minimum Gasteiger partial charge on any atom is -0.364 e. The number of carbonyl (C=O) groups excluding carboxylic acids is 1. The Kier molecular flexibility index (Phi) is 7.42. The molecule has 0 spiro atoms. The highest BCUT2D eigenvalue weighted by molar-refractivity contribution is 5.89. The number of halogens is 5. The van der Waals surface area contributed by atoms with Crippen LogP contribution in [0.25, 0.3) is 11.0 Å². The van der Waals surface area contributed by atoms with Crippen molar-refractivity contribution in [3.05, 3.63) is 46.1 Å². The van der Waals surface area contributed by atoms with Gasteiger partial charge in [-0.25, -0.2) is 18.6 Å². The lowest BCUT2D eigenvalue weighted by atomic mass is 9.92. The van der Waals surface area contributed by atoms with Crippen LogP contribution in [-0.4, -0.2) is 87.8 Å². The zero-order chi connectivity index (χ0) is 29.7. The molecule has 2 aliphatic rings. The van der Waals surface area contributed by atoms with E-state index in [1.165, 1.54) is 11.1 Å². The molecule has 5 rings (SSSR count). The maximum Gasteiger partial charge on any atom is 0.417 e. The number of piperidine rings is 2. The van der Waals surface area contributed by atoms with E-state index in [0.717, 1.165) is 56.0 Å². The van der Waals surface area contributed by atoms with Crippen LogP contribution < -0.4 is 15.8 Å². The van der Waals surface area contributed by atoms with Crippen molar-refractivity contribution in [3.8, 4) is 0 Å². The second kappa shape index (κ2) is 10.6. The number of H-pyrrole nitrogens is 1. The number of carbonyl (C=O) groups is 1. The molecule has 2 saturated heterocycles. The first kappa shape index (κ1) is 28.8. The van der Waals surface area contributed by atoms with Crippen molar-refractivity contribution in [3.63, 3.8) is 0 Å². The summed E-state index contributed by atoms with van der Waals surface area (Å²) in [6.07, 6.45) is -0.912. The second-order valence-electron chi connectivity index (χ2n) is 10.9. The number of aromatic nitrogens is 4. The zero-order valence-electron chi connectivity index (χ0n) is 22.8. The van der Waals surface area contributed by atoms with Gasteiger partial charge in [0.05, 0.1) is 29.7 Å². The minimum atomic E-state index is -4.76. The number of hydrogen-bond acceptors (Lipinski definition) is 6. The molecule has 3 aromatic heterocycles. The van der Waals surface area contributed by atoms with Crippen molar-refractivity contribution in [2.24, 2.45) is 7.05 Å². The van der Waals surface area contributed by atoms with Gasteiger partial charge in [-0.05, 0) is 51.5 Å². The maximum atomic E-state index is 15.5. The van der Waals surface area contributed by atoms with Crippen molar-refractivity contribution in [2.75, 3.05) is 50.5 Å². The van der Waals surface area contributed by atoms with E-state index in [4.69, 9.17) is 0 Å². The minimum absolute atomic E-state index is 0.122. The number of nitrogens with zero attached hydrogens (tertiary/aromatic N) is 6. The molecule has 0 radical (unpaired) electrons. The van der Waals surface area contributed by atoms with Gasteiger partial charge in [-0.3, -0.25) is 9.89 Å². The molecule has 15 heteroatoms. The van der Waals surface area contributed by atoms with Gasteiger partial charge in [0.1, 0.15) is 11.7 Å². The van der Waals surface area contributed by atoms with E-state index in [9.17, 15) is 22.8 Å². The first-order chi connectivity index (χ1) is 19.2. The number of rotatable bonds is 4. The van der Waals surface area contributed by atoms with Crippen LogP contribution >= 0.6 is 0 Å². The van der Waals surface area contributed by atoms with E-state index in [1.54, 1.807) is 0 Å². The highest BCUT2D eigenvalue weighted by atomic mass is 19.4. The normalized spacial score (nSPS) is 20.4. The Labute approximate surface area is 232 Å². The third kappa shape index (κ3) is 5.72. The Balaban J connectivity index is 1.31. The summed E-state index contributed by atoms with van der Waals surface area (Å²) >= 11 is 0. The fourth-order valence-corrected chi connectivity index (χ4v) is 5.60. The van der Waals surface area contributed by atoms with Gasteiger partial charge in [-0.1, -0.05) is 0 Å². The van der Waals surface area contributed by atoms with Gasteiger partial charge >= 0.3 is 12.2 Å². The molecule has 10 nitrogen and oxygen atoms in total. The van der Waals surface area contributed by atoms with Crippen LogP contribution in [0.15, 0.2) is 29.3 Å². The maximum absolute atomic E-state index is 15.5. The lowest BCUT2D eigenvalue weighted by molar-refractivity contribution is -0.138. The molecule has 2 amide bonds. The van der Waals surface area contributed by atoms with Gasteiger partial charge < -0.3 is 24.6 Å². The number of alkyl halides is 5. The number of anilines is 2. The number of aryl methyl sites for hydroxylation is 1. The van der Waals surface area contributed by atoms with E-state index in [2.05, 4.69) is 32.4 Å². The number of fused-ring (bicyclic) bond motifs is 1. The molecule has 1 atom stereocenters. The molecule has 222 valence electrons. The Morgan fingerprint density at radius 1 is 1.15 bits per heavy atom. The highest BCUT2D eigenvalue weighted by Crippen LogP contribution is 2.36. The largest absolute Gasteiger partial charge is 0.417 e. The quantitative estimate of drug-likeness (QED) is 0.453. The van der Waals surface area contributed by atoms with E-state index < -0.39 is 47.5 Å². The lowest BCUT2D eigenvalue weighted by Gasteiger charge is -2.42. The monoisotopic (exact) mass is 582 g/mol. The molecule has 5 heterocycles. The van der Waals surface area contributed by atoms with Crippen LogP contribution in [0.2, 0.25) is 0 Å². The SMILES string of the molecule is CN1CCC(c2n[nH]c3ncc(N4CCC(N(C)C(=O)Nc5cc(C(F)(F)F)cn(C)c5=O)C(F)(F)C4)cc23)CC1. The standard InChI is InChI=1S/C26H31F5N8O2/c1-36-7-4-15(5-8-36)21-18-11-17(12-32-22(18)35-34-21)39-9-6-20(25(27,28)14-39)38(3)24(41)33-19-10-16(26(29,30)31)13-37(2)23(19)40/h10-13,15,20H,4-9,14H2,1-3H3,(H,33,41)(H,32,34,35).